The molecule has 0 radical (unpaired) electrons. The maximum absolute atomic E-state index is 4.78. The zero-order chi connectivity index (χ0) is 13.0. The van der Waals surface area contributed by atoms with Crippen molar-refractivity contribution in [3.63, 3.8) is 0 Å². The van der Waals surface area contributed by atoms with Gasteiger partial charge in [0.05, 0.1) is 8.07 Å². The van der Waals surface area contributed by atoms with Crippen LogP contribution in [0.5, 0.6) is 0 Å². The second kappa shape index (κ2) is 13.3. The van der Waals surface area contributed by atoms with E-state index in [2.05, 4.69) is 65.0 Å². The second-order valence-electron chi connectivity index (χ2n) is 4.74. The van der Waals surface area contributed by atoms with Crippen molar-refractivity contribution in [2.45, 2.75) is 64.2 Å². The van der Waals surface area contributed by atoms with Gasteiger partial charge in [0.25, 0.3) is 0 Å². The number of terminal acetylenes is 1. The van der Waals surface area contributed by atoms with E-state index in [0.717, 1.165) is 22.7 Å². The molecule has 0 aliphatic carbocycles. The third kappa shape index (κ3) is 12.4. The number of hydrogen-bond acceptors (Lipinski definition) is 0. The van der Waals surface area contributed by atoms with Crippen molar-refractivity contribution in [2.75, 3.05) is 0 Å². The summed E-state index contributed by atoms with van der Waals surface area (Å²) in [6, 6.07) is 1.58. The van der Waals surface area contributed by atoms with Gasteiger partial charge in [0.2, 0.25) is 0 Å². The quantitative estimate of drug-likeness (QED) is 0.193. The zero-order valence-corrected chi connectivity index (χ0v) is 17.6. The number of hydrogen-bond donors (Lipinski definition) is 0. The Morgan fingerprint density at radius 2 is 1.81 bits per heavy atom. The predicted octanol–water partition coefficient (Wildman–Crippen LogP) is 6.07. The average Bonchev–Trinajstić information content (AvgIpc) is 2.24. The molecule has 1 rings (SSSR count). The molecule has 0 aromatic rings. The SMILES string of the molecule is C#CCC.CC1CCCC[Si]1(C)C.[I][Pd][I]. The summed E-state index contributed by atoms with van der Waals surface area (Å²) < 4.78 is 0. The van der Waals surface area contributed by atoms with Crippen molar-refractivity contribution >= 4 is 47.1 Å². The predicted molar refractivity (Wildman–Crippen MR) is 92.7 cm³/mol. The van der Waals surface area contributed by atoms with Gasteiger partial charge >= 0.3 is 49.8 Å². The Balaban J connectivity index is 0. The summed E-state index contributed by atoms with van der Waals surface area (Å²) in [6.45, 7) is 9.47. The first kappa shape index (κ1) is 20.2. The third-order valence-electron chi connectivity index (χ3n) is 3.25. The van der Waals surface area contributed by atoms with E-state index in [1.54, 1.807) is 6.04 Å². The van der Waals surface area contributed by atoms with E-state index in [4.69, 9.17) is 6.42 Å². The molecule has 1 fully saturated rings. The number of rotatable bonds is 0. The van der Waals surface area contributed by atoms with Crippen LogP contribution in [-0.4, -0.2) is 8.07 Å². The Hall–Kier alpha value is 1.90. The Labute approximate surface area is 133 Å². The molecule has 0 spiro atoms. The van der Waals surface area contributed by atoms with Crippen LogP contribution in [-0.2, 0) is 10.8 Å². The molecule has 0 aromatic carbocycles. The molecular weight excluding hydrogens is 532 g/mol. The molecule has 4 heteroatoms. The molecule has 0 bridgehead atoms. The summed E-state index contributed by atoms with van der Waals surface area (Å²) in [6.07, 6.45) is 10.2. The standard InChI is InChI=1S/C8H18Si.C4H6.2HI.Pd/c1-8-6-4-5-7-9(8,2)3;1-3-4-2;;;/h8H,4-7H2,1-3H3;1H,4H2,2H3;2*1H;/q;;;;+2/p-2. The topological polar surface area (TPSA) is 0 Å². The van der Waals surface area contributed by atoms with Crippen LogP contribution in [0.25, 0.3) is 0 Å². The molecule has 0 amide bonds. The molecule has 1 aliphatic rings. The fourth-order valence-corrected chi connectivity index (χ4v) is 4.31. The molecule has 1 unspecified atom stereocenters. The van der Waals surface area contributed by atoms with E-state index >= 15 is 0 Å². The minimum atomic E-state index is -0.694. The van der Waals surface area contributed by atoms with Crippen molar-refractivity contribution in [3.05, 3.63) is 0 Å². The van der Waals surface area contributed by atoms with Crippen molar-refractivity contribution in [3.8, 4) is 12.3 Å². The summed E-state index contributed by atoms with van der Waals surface area (Å²) in [5, 5.41) is 0. The van der Waals surface area contributed by atoms with Crippen molar-refractivity contribution in [2.24, 2.45) is 0 Å². The first-order valence-electron chi connectivity index (χ1n) is 5.72. The van der Waals surface area contributed by atoms with Gasteiger partial charge in [-0.05, 0) is 5.54 Å². The van der Waals surface area contributed by atoms with Gasteiger partial charge in [-0.25, -0.2) is 0 Å². The maximum atomic E-state index is 4.78. The molecule has 1 heterocycles. The summed E-state index contributed by atoms with van der Waals surface area (Å²) in [5.74, 6) is 2.43. The first-order valence-corrected chi connectivity index (χ1v) is 18.2. The monoisotopic (exact) mass is 556 g/mol. The van der Waals surface area contributed by atoms with E-state index in [9.17, 15) is 0 Å². The molecule has 1 aliphatic heterocycles. The van der Waals surface area contributed by atoms with E-state index < -0.39 is 8.07 Å². The molecule has 100 valence electrons. The summed E-state index contributed by atoms with van der Waals surface area (Å²) in [5.41, 5.74) is 1.09. The molecule has 0 N–H and O–H groups in total. The fraction of sp³-hybridized carbons (Fsp3) is 0.833. The molecular formula is C12H24I2PdSi. The van der Waals surface area contributed by atoms with Gasteiger partial charge in [-0.15, -0.1) is 12.3 Å². The Bertz CT molecular complexity index is 190. The summed E-state index contributed by atoms with van der Waals surface area (Å²) in [7, 11) is 0.196. The van der Waals surface area contributed by atoms with Crippen LogP contribution in [0.4, 0.5) is 0 Å². The third-order valence-corrected chi connectivity index (χ3v) is 7.85. The van der Waals surface area contributed by atoms with E-state index in [-0.39, 0.29) is 0 Å². The van der Waals surface area contributed by atoms with Gasteiger partial charge in [0.15, 0.2) is 0 Å². The zero-order valence-electron chi connectivity index (χ0n) is 10.8. The van der Waals surface area contributed by atoms with Crippen LogP contribution in [0.3, 0.4) is 0 Å². The molecule has 1 saturated heterocycles. The van der Waals surface area contributed by atoms with Gasteiger partial charge in [-0.1, -0.05) is 52.2 Å². The second-order valence-corrected chi connectivity index (χ2v) is 22.2. The van der Waals surface area contributed by atoms with Gasteiger partial charge in [-0.2, -0.15) is 0 Å². The van der Waals surface area contributed by atoms with Crippen LogP contribution in [0.2, 0.25) is 24.7 Å². The van der Waals surface area contributed by atoms with Crippen molar-refractivity contribution in [1.82, 2.24) is 0 Å². The van der Waals surface area contributed by atoms with E-state index in [0.29, 0.717) is 0 Å². The van der Waals surface area contributed by atoms with Crippen molar-refractivity contribution in [1.29, 1.82) is 0 Å². The first-order chi connectivity index (χ1) is 7.46. The van der Waals surface area contributed by atoms with Gasteiger partial charge in [0.1, 0.15) is 0 Å². The normalized spacial score (nSPS) is 21.9. The van der Waals surface area contributed by atoms with Crippen LogP contribution in [0.15, 0.2) is 0 Å². The van der Waals surface area contributed by atoms with E-state index in [1.165, 1.54) is 19.3 Å². The van der Waals surface area contributed by atoms with Gasteiger partial charge in [-0.3, -0.25) is 0 Å². The number of halogens is 2. The van der Waals surface area contributed by atoms with E-state index in [1.807, 2.05) is 6.92 Å². The van der Waals surface area contributed by atoms with Crippen LogP contribution < -0.4 is 0 Å². The molecule has 1 atom stereocenters. The Kier molecular flexibility index (Phi) is 16.9. The molecule has 16 heavy (non-hydrogen) atoms. The molecule has 0 saturated carbocycles. The summed E-state index contributed by atoms with van der Waals surface area (Å²) >= 11 is 4.65. The van der Waals surface area contributed by atoms with Crippen molar-refractivity contribution < 1.29 is 10.8 Å². The average molecular weight is 557 g/mol. The Morgan fingerprint density at radius 1 is 1.38 bits per heavy atom. The fourth-order valence-electron chi connectivity index (χ4n) is 1.67. The van der Waals surface area contributed by atoms with Crippen LogP contribution in [0, 0.1) is 12.3 Å². The molecule has 0 nitrogen and oxygen atoms in total. The van der Waals surface area contributed by atoms with Gasteiger partial charge < -0.3 is 0 Å². The molecule has 0 aromatic heterocycles. The van der Waals surface area contributed by atoms with Gasteiger partial charge in [0, 0.05) is 6.42 Å². The summed E-state index contributed by atoms with van der Waals surface area (Å²) in [4.78, 5) is 0. The minimum absolute atomic E-state index is 0.694. The Morgan fingerprint density at radius 3 is 2.00 bits per heavy atom. The van der Waals surface area contributed by atoms with Crippen LogP contribution in [0.1, 0.15) is 39.5 Å². The van der Waals surface area contributed by atoms with Crippen LogP contribution >= 0.6 is 39.0 Å².